The summed E-state index contributed by atoms with van der Waals surface area (Å²) in [5.74, 6) is -0.131. The molecule has 1 amide bonds. The molecule has 1 aromatic rings. The summed E-state index contributed by atoms with van der Waals surface area (Å²) in [6.45, 7) is 0. The number of carbonyl (C=O) groups is 1. The lowest BCUT2D eigenvalue weighted by atomic mass is 10.2. The lowest BCUT2D eigenvalue weighted by Gasteiger charge is -2.12. The van der Waals surface area contributed by atoms with Gasteiger partial charge in [-0.25, -0.2) is 4.79 Å². The number of alkyl halides is 3. The number of hydrogen-bond donors (Lipinski definition) is 0. The fraction of sp³-hybridized carbons (Fsp3) is 0.300. The van der Waals surface area contributed by atoms with E-state index in [9.17, 15) is 18.0 Å². The summed E-state index contributed by atoms with van der Waals surface area (Å²) in [5.41, 5.74) is -0.850. The third kappa shape index (κ3) is 3.15. The maximum absolute atomic E-state index is 12.3. The van der Waals surface area contributed by atoms with Crippen molar-refractivity contribution in [2.75, 3.05) is 14.1 Å². The number of nitrogens with zero attached hydrogens (tertiary/aromatic N) is 1. The van der Waals surface area contributed by atoms with Crippen LogP contribution in [0, 0.1) is 0 Å². The highest BCUT2D eigenvalue weighted by molar-refractivity contribution is 5.70. The van der Waals surface area contributed by atoms with Gasteiger partial charge in [0.15, 0.2) is 0 Å². The van der Waals surface area contributed by atoms with Crippen molar-refractivity contribution in [3.8, 4) is 5.75 Å². The monoisotopic (exact) mass is 233 g/mol. The molecular formula is C10H10F3NO2. The molecule has 0 aliphatic carbocycles. The van der Waals surface area contributed by atoms with Gasteiger partial charge in [-0.1, -0.05) is 6.07 Å². The average molecular weight is 233 g/mol. The van der Waals surface area contributed by atoms with Gasteiger partial charge in [0.25, 0.3) is 0 Å². The van der Waals surface area contributed by atoms with E-state index in [1.807, 2.05) is 0 Å². The van der Waals surface area contributed by atoms with Crippen LogP contribution in [0.5, 0.6) is 5.75 Å². The maximum atomic E-state index is 12.3. The molecule has 3 nitrogen and oxygen atoms in total. The SMILES string of the molecule is CN(C)C(=O)Oc1cccc(C(F)(F)F)c1. The third-order valence-electron chi connectivity index (χ3n) is 1.73. The Bertz CT molecular complexity index is 388. The van der Waals surface area contributed by atoms with Crippen LogP contribution in [0.25, 0.3) is 0 Å². The number of amides is 1. The number of ether oxygens (including phenoxy) is 1. The molecule has 0 unspecified atom stereocenters. The summed E-state index contributed by atoms with van der Waals surface area (Å²) in [7, 11) is 2.88. The summed E-state index contributed by atoms with van der Waals surface area (Å²) in [6, 6.07) is 4.16. The Balaban J connectivity index is 2.88. The van der Waals surface area contributed by atoms with Crippen LogP contribution in [0.3, 0.4) is 0 Å². The van der Waals surface area contributed by atoms with Crippen molar-refractivity contribution in [3.63, 3.8) is 0 Å². The molecule has 16 heavy (non-hydrogen) atoms. The highest BCUT2D eigenvalue weighted by Crippen LogP contribution is 2.31. The highest BCUT2D eigenvalue weighted by atomic mass is 19.4. The van der Waals surface area contributed by atoms with Crippen molar-refractivity contribution in [2.24, 2.45) is 0 Å². The molecule has 0 aliphatic rings. The molecule has 0 atom stereocenters. The molecule has 88 valence electrons. The van der Waals surface area contributed by atoms with Crippen molar-refractivity contribution in [1.29, 1.82) is 0 Å². The van der Waals surface area contributed by atoms with Crippen LogP contribution in [-0.2, 0) is 6.18 Å². The van der Waals surface area contributed by atoms with Crippen LogP contribution in [0.15, 0.2) is 24.3 Å². The van der Waals surface area contributed by atoms with E-state index in [0.29, 0.717) is 0 Å². The summed E-state index contributed by atoms with van der Waals surface area (Å²) in [6.07, 6.45) is -5.17. The van der Waals surface area contributed by atoms with Gasteiger partial charge in [0.05, 0.1) is 5.56 Å². The Hall–Kier alpha value is -1.72. The largest absolute Gasteiger partial charge is 0.416 e. The number of hydrogen-bond acceptors (Lipinski definition) is 2. The Kier molecular flexibility index (Phi) is 3.41. The number of carbonyl (C=O) groups excluding carboxylic acids is 1. The lowest BCUT2D eigenvalue weighted by Crippen LogP contribution is -2.25. The van der Waals surface area contributed by atoms with E-state index in [1.54, 1.807) is 0 Å². The van der Waals surface area contributed by atoms with Crippen LogP contribution in [0.2, 0.25) is 0 Å². The van der Waals surface area contributed by atoms with Gasteiger partial charge in [-0.3, -0.25) is 0 Å². The minimum atomic E-state index is -4.44. The Morgan fingerprint density at radius 3 is 2.44 bits per heavy atom. The summed E-state index contributed by atoms with van der Waals surface area (Å²) in [5, 5.41) is 0. The van der Waals surface area contributed by atoms with Crippen LogP contribution >= 0.6 is 0 Å². The van der Waals surface area contributed by atoms with Crippen molar-refractivity contribution in [3.05, 3.63) is 29.8 Å². The number of halogens is 3. The van der Waals surface area contributed by atoms with Gasteiger partial charge in [0.2, 0.25) is 0 Å². The van der Waals surface area contributed by atoms with Gasteiger partial charge in [-0.15, -0.1) is 0 Å². The minimum absolute atomic E-state index is 0.131. The van der Waals surface area contributed by atoms with Crippen LogP contribution in [0.1, 0.15) is 5.56 Å². The third-order valence-corrected chi connectivity index (χ3v) is 1.73. The van der Waals surface area contributed by atoms with Crippen LogP contribution in [-0.4, -0.2) is 25.1 Å². The molecule has 0 spiro atoms. The topological polar surface area (TPSA) is 29.5 Å². The molecule has 0 radical (unpaired) electrons. The maximum Gasteiger partial charge on any atom is 0.416 e. The van der Waals surface area contributed by atoms with E-state index in [2.05, 4.69) is 0 Å². The van der Waals surface area contributed by atoms with Gasteiger partial charge in [0, 0.05) is 14.1 Å². The van der Waals surface area contributed by atoms with E-state index in [4.69, 9.17) is 4.74 Å². The van der Waals surface area contributed by atoms with E-state index >= 15 is 0 Å². The summed E-state index contributed by atoms with van der Waals surface area (Å²) < 4.78 is 41.6. The molecule has 0 N–H and O–H groups in total. The van der Waals surface area contributed by atoms with Gasteiger partial charge >= 0.3 is 12.3 Å². The molecule has 0 aliphatic heterocycles. The Morgan fingerprint density at radius 1 is 1.31 bits per heavy atom. The molecule has 0 bridgehead atoms. The van der Waals surface area contributed by atoms with Crippen molar-refractivity contribution >= 4 is 6.09 Å². The summed E-state index contributed by atoms with van der Waals surface area (Å²) >= 11 is 0. The van der Waals surface area contributed by atoms with Gasteiger partial charge < -0.3 is 9.64 Å². The normalized spacial score (nSPS) is 11.1. The molecule has 1 aromatic carbocycles. The zero-order valence-corrected chi connectivity index (χ0v) is 8.71. The first kappa shape index (κ1) is 12.4. The van der Waals surface area contributed by atoms with E-state index < -0.39 is 17.8 Å². The Morgan fingerprint density at radius 2 is 1.94 bits per heavy atom. The average Bonchev–Trinajstić information content (AvgIpc) is 2.16. The van der Waals surface area contributed by atoms with Gasteiger partial charge in [-0.05, 0) is 18.2 Å². The number of benzene rings is 1. The molecule has 1 rings (SSSR count). The second kappa shape index (κ2) is 4.42. The minimum Gasteiger partial charge on any atom is -0.410 e. The van der Waals surface area contributed by atoms with E-state index in [-0.39, 0.29) is 5.75 Å². The van der Waals surface area contributed by atoms with E-state index in [1.165, 1.54) is 26.2 Å². The summed E-state index contributed by atoms with van der Waals surface area (Å²) in [4.78, 5) is 12.2. The van der Waals surface area contributed by atoms with E-state index in [0.717, 1.165) is 17.0 Å². The number of rotatable bonds is 1. The van der Waals surface area contributed by atoms with Crippen LogP contribution < -0.4 is 4.74 Å². The predicted octanol–water partition coefficient (Wildman–Crippen LogP) is 2.77. The van der Waals surface area contributed by atoms with Crippen molar-refractivity contribution < 1.29 is 22.7 Å². The fourth-order valence-corrected chi connectivity index (χ4v) is 0.928. The Labute approximate surface area is 90.4 Å². The van der Waals surface area contributed by atoms with Gasteiger partial charge in [0.1, 0.15) is 5.75 Å². The molecule has 0 saturated heterocycles. The van der Waals surface area contributed by atoms with Gasteiger partial charge in [-0.2, -0.15) is 13.2 Å². The molecule has 0 heterocycles. The van der Waals surface area contributed by atoms with Crippen LogP contribution in [0.4, 0.5) is 18.0 Å². The quantitative estimate of drug-likeness (QED) is 0.746. The first-order valence-electron chi connectivity index (χ1n) is 4.37. The second-order valence-corrected chi connectivity index (χ2v) is 3.29. The first-order valence-corrected chi connectivity index (χ1v) is 4.37. The molecular weight excluding hydrogens is 223 g/mol. The molecule has 0 aromatic heterocycles. The van der Waals surface area contributed by atoms with Crippen molar-refractivity contribution in [2.45, 2.75) is 6.18 Å². The van der Waals surface area contributed by atoms with Crippen molar-refractivity contribution in [1.82, 2.24) is 4.90 Å². The fourth-order valence-electron chi connectivity index (χ4n) is 0.928. The predicted molar refractivity (Wildman–Crippen MR) is 51.2 cm³/mol. The zero-order chi connectivity index (χ0) is 12.3. The highest BCUT2D eigenvalue weighted by Gasteiger charge is 2.30. The first-order chi connectivity index (χ1) is 7.30. The smallest absolute Gasteiger partial charge is 0.410 e. The molecule has 0 fully saturated rings. The lowest BCUT2D eigenvalue weighted by molar-refractivity contribution is -0.137. The zero-order valence-electron chi connectivity index (χ0n) is 8.71. The standard InChI is InChI=1S/C10H10F3NO2/c1-14(2)9(15)16-8-5-3-4-7(6-8)10(11,12)13/h3-6H,1-2H3. The molecule has 6 heteroatoms. The molecule has 0 saturated carbocycles. The second-order valence-electron chi connectivity index (χ2n) is 3.29.